The number of anilines is 3. The summed E-state index contributed by atoms with van der Waals surface area (Å²) in [6.07, 6.45) is 5.86. The zero-order valence-corrected chi connectivity index (χ0v) is 19.4. The van der Waals surface area contributed by atoms with Crippen LogP contribution in [0.25, 0.3) is 0 Å². The molecule has 0 unspecified atom stereocenters. The molecule has 0 saturated carbocycles. The molecule has 1 amide bonds. The number of amides is 1. The molecule has 3 aromatic rings. The zero-order valence-electron chi connectivity index (χ0n) is 18.6. The molecule has 0 fully saturated rings. The second-order valence-corrected chi connectivity index (χ2v) is 8.78. The van der Waals surface area contributed by atoms with Crippen LogP contribution in [0.4, 0.5) is 25.8 Å². The number of hydrogen-bond acceptors (Lipinski definition) is 5. The van der Waals surface area contributed by atoms with Gasteiger partial charge in [0.2, 0.25) is 0 Å². The summed E-state index contributed by atoms with van der Waals surface area (Å²) in [6.45, 7) is 2.06. The summed E-state index contributed by atoms with van der Waals surface area (Å²) in [5, 5.41) is 2.64. The predicted molar refractivity (Wildman–Crippen MR) is 130 cm³/mol. The molecule has 0 atom stereocenters. The molecule has 0 aromatic heterocycles. The molecule has 0 heterocycles. The van der Waals surface area contributed by atoms with Crippen LogP contribution in [-0.2, 0) is 10.2 Å². The third-order valence-corrected chi connectivity index (χ3v) is 5.66. The van der Waals surface area contributed by atoms with E-state index in [0.717, 1.165) is 18.2 Å². The van der Waals surface area contributed by atoms with Gasteiger partial charge in [0.05, 0.1) is 17.1 Å². The van der Waals surface area contributed by atoms with Crippen molar-refractivity contribution in [3.63, 3.8) is 0 Å². The molecule has 0 bridgehead atoms. The number of rotatable bonds is 10. The highest BCUT2D eigenvalue weighted by atomic mass is 32.2. The van der Waals surface area contributed by atoms with Crippen molar-refractivity contribution in [2.24, 2.45) is 5.73 Å². The van der Waals surface area contributed by atoms with Gasteiger partial charge in [-0.15, -0.1) is 6.42 Å². The molecule has 0 spiro atoms. The molecule has 0 radical (unpaired) electrons. The van der Waals surface area contributed by atoms with E-state index in [2.05, 4.69) is 20.7 Å². The lowest BCUT2D eigenvalue weighted by molar-refractivity contribution is 0.0999. The van der Waals surface area contributed by atoms with Gasteiger partial charge in [0.1, 0.15) is 28.7 Å². The molecular formula is C24H22F2N4O4S. The fourth-order valence-electron chi connectivity index (χ4n) is 3.04. The standard InChI is InChI=1S/C24H22F2N4O4S/c1-3-10-28-35(32,33)30-17-6-5-7-18(14-17)34-22-13-16(25)12-21(23(22)24(27)31)29-20-9-8-15(4-2)11-19(20)26/h2,5-9,11-14,28-30H,3,10H2,1H3,(H2,27,31). The van der Waals surface area contributed by atoms with E-state index in [9.17, 15) is 22.0 Å². The highest BCUT2D eigenvalue weighted by Gasteiger charge is 2.20. The average Bonchev–Trinajstić information content (AvgIpc) is 2.78. The van der Waals surface area contributed by atoms with E-state index >= 15 is 0 Å². The number of nitrogens with two attached hydrogens (primary N) is 1. The fraction of sp³-hybridized carbons (Fsp3) is 0.125. The minimum Gasteiger partial charge on any atom is -0.456 e. The number of hydrogen-bond donors (Lipinski definition) is 4. The Morgan fingerprint density at radius 3 is 2.54 bits per heavy atom. The van der Waals surface area contributed by atoms with E-state index in [0.29, 0.717) is 12.0 Å². The minimum atomic E-state index is -3.81. The number of ether oxygens (including phenoxy) is 1. The molecule has 8 nitrogen and oxygen atoms in total. The van der Waals surface area contributed by atoms with Crippen molar-refractivity contribution in [2.75, 3.05) is 16.6 Å². The highest BCUT2D eigenvalue weighted by Crippen LogP contribution is 2.34. The Morgan fingerprint density at radius 2 is 1.89 bits per heavy atom. The first-order valence-electron chi connectivity index (χ1n) is 10.3. The lowest BCUT2D eigenvalue weighted by Crippen LogP contribution is -2.30. The van der Waals surface area contributed by atoms with Crippen LogP contribution in [0.15, 0.2) is 54.6 Å². The number of nitrogens with one attached hydrogen (secondary N) is 3. The molecule has 182 valence electrons. The Hall–Kier alpha value is -4.14. The number of carbonyl (C=O) groups is 1. The number of halogens is 2. The van der Waals surface area contributed by atoms with E-state index in [1.54, 1.807) is 0 Å². The van der Waals surface area contributed by atoms with Crippen molar-refractivity contribution in [1.82, 2.24) is 4.72 Å². The minimum absolute atomic E-state index is 0.0703. The van der Waals surface area contributed by atoms with Gasteiger partial charge < -0.3 is 15.8 Å². The first kappa shape index (κ1) is 25.5. The maximum atomic E-state index is 14.4. The number of carbonyl (C=O) groups excluding carboxylic acids is 1. The molecule has 0 aliphatic heterocycles. The molecule has 3 rings (SSSR count). The summed E-state index contributed by atoms with van der Waals surface area (Å²) in [5.41, 5.74) is 5.52. The van der Waals surface area contributed by atoms with Crippen molar-refractivity contribution in [3.8, 4) is 23.8 Å². The van der Waals surface area contributed by atoms with E-state index < -0.39 is 27.8 Å². The van der Waals surface area contributed by atoms with Crippen molar-refractivity contribution in [3.05, 3.63) is 77.4 Å². The van der Waals surface area contributed by atoms with Gasteiger partial charge in [0.25, 0.3) is 16.1 Å². The van der Waals surface area contributed by atoms with Gasteiger partial charge in [-0.05, 0) is 42.8 Å². The molecule has 5 N–H and O–H groups in total. The number of terminal acetylenes is 1. The third-order valence-electron chi connectivity index (χ3n) is 4.57. The third kappa shape index (κ3) is 6.69. The van der Waals surface area contributed by atoms with Crippen LogP contribution in [0.1, 0.15) is 29.3 Å². The summed E-state index contributed by atoms with van der Waals surface area (Å²) >= 11 is 0. The van der Waals surface area contributed by atoms with Crippen molar-refractivity contribution in [2.45, 2.75) is 13.3 Å². The van der Waals surface area contributed by atoms with E-state index in [4.69, 9.17) is 16.9 Å². The van der Waals surface area contributed by atoms with Gasteiger partial charge in [-0.2, -0.15) is 13.1 Å². The van der Waals surface area contributed by atoms with Gasteiger partial charge >= 0.3 is 0 Å². The van der Waals surface area contributed by atoms with Crippen LogP contribution < -0.4 is 25.2 Å². The van der Waals surface area contributed by atoms with Crippen LogP contribution in [-0.4, -0.2) is 20.9 Å². The quantitative estimate of drug-likeness (QED) is 0.310. The van der Waals surface area contributed by atoms with Crippen LogP contribution in [0, 0.1) is 24.0 Å². The maximum Gasteiger partial charge on any atom is 0.299 e. The van der Waals surface area contributed by atoms with Gasteiger partial charge in [0.15, 0.2) is 0 Å². The Bertz CT molecular complexity index is 1410. The fourth-order valence-corrected chi connectivity index (χ4v) is 4.03. The Morgan fingerprint density at radius 1 is 1.11 bits per heavy atom. The van der Waals surface area contributed by atoms with Gasteiger partial charge in [-0.1, -0.05) is 18.9 Å². The number of primary amides is 1. The van der Waals surface area contributed by atoms with Crippen LogP contribution >= 0.6 is 0 Å². The Balaban J connectivity index is 1.94. The first-order valence-corrected chi connectivity index (χ1v) is 11.8. The van der Waals surface area contributed by atoms with Gasteiger partial charge in [-0.25, -0.2) is 8.78 Å². The Kier molecular flexibility index (Phi) is 7.91. The van der Waals surface area contributed by atoms with Crippen LogP contribution in [0.2, 0.25) is 0 Å². The van der Waals surface area contributed by atoms with Gasteiger partial charge in [0, 0.05) is 24.2 Å². The molecule has 0 saturated heterocycles. The smallest absolute Gasteiger partial charge is 0.299 e. The molecule has 3 aromatic carbocycles. The van der Waals surface area contributed by atoms with Crippen molar-refractivity contribution < 1.29 is 26.7 Å². The lowest BCUT2D eigenvalue weighted by Gasteiger charge is -2.16. The second kappa shape index (κ2) is 10.9. The summed E-state index contributed by atoms with van der Waals surface area (Å²) in [4.78, 5) is 12.2. The lowest BCUT2D eigenvalue weighted by atomic mass is 10.1. The van der Waals surface area contributed by atoms with E-state index in [-0.39, 0.29) is 40.7 Å². The zero-order chi connectivity index (χ0) is 25.6. The first-order chi connectivity index (χ1) is 16.6. The monoisotopic (exact) mass is 500 g/mol. The SMILES string of the molecule is C#Cc1ccc(Nc2cc(F)cc(Oc3cccc(NS(=O)(=O)NCCC)c3)c2C(N)=O)c(F)c1. The Labute approximate surface area is 201 Å². The molecule has 0 aliphatic carbocycles. The van der Waals surface area contributed by atoms with E-state index in [1.165, 1.54) is 36.4 Å². The van der Waals surface area contributed by atoms with Crippen molar-refractivity contribution >= 4 is 33.2 Å². The number of benzene rings is 3. The summed E-state index contributed by atoms with van der Waals surface area (Å²) in [6, 6.07) is 11.6. The highest BCUT2D eigenvalue weighted by molar-refractivity contribution is 7.90. The topological polar surface area (TPSA) is 123 Å². The second-order valence-electron chi connectivity index (χ2n) is 7.28. The summed E-state index contributed by atoms with van der Waals surface area (Å²) in [7, 11) is -3.81. The van der Waals surface area contributed by atoms with Crippen LogP contribution in [0.5, 0.6) is 11.5 Å². The van der Waals surface area contributed by atoms with Crippen LogP contribution in [0.3, 0.4) is 0 Å². The maximum absolute atomic E-state index is 14.4. The largest absolute Gasteiger partial charge is 0.456 e. The average molecular weight is 501 g/mol. The predicted octanol–water partition coefficient (Wildman–Crippen LogP) is 4.24. The summed E-state index contributed by atoms with van der Waals surface area (Å²) in [5.74, 6) is -0.367. The molecular weight excluding hydrogens is 478 g/mol. The molecule has 11 heteroatoms. The van der Waals surface area contributed by atoms with Gasteiger partial charge in [-0.3, -0.25) is 9.52 Å². The molecule has 0 aliphatic rings. The normalized spacial score (nSPS) is 10.9. The van der Waals surface area contributed by atoms with E-state index in [1.807, 2.05) is 6.92 Å². The summed E-state index contributed by atoms with van der Waals surface area (Å²) < 4.78 is 63.4. The molecule has 35 heavy (non-hydrogen) atoms. The van der Waals surface area contributed by atoms with Crippen molar-refractivity contribution in [1.29, 1.82) is 0 Å².